The Morgan fingerprint density at radius 1 is 0.889 bits per heavy atom. The number of cyclic esters (lactones) is 1. The van der Waals surface area contributed by atoms with Crippen LogP contribution >= 0.6 is 0 Å². The van der Waals surface area contributed by atoms with Gasteiger partial charge in [-0.05, 0) is 143 Å². The van der Waals surface area contributed by atoms with E-state index >= 15 is 8.78 Å². The Morgan fingerprint density at radius 3 is 2.19 bits per heavy atom. The molecule has 4 unspecified atom stereocenters. The molecule has 19 nitrogen and oxygen atoms in total. The zero-order chi connectivity index (χ0) is 60.5. The third-order valence-electron chi connectivity index (χ3n) is 21.2. The Hall–Kier alpha value is -2.61. The smallest absolute Gasteiger partial charge is 0.311 e. The number of carbonyl (C=O) groups excluding carboxylic acids is 3. The SMILES string of the molecule is CC[C@H]1OC(=O)[C@H](C)[C@@H](OC2C[C@@](C)(OC)[C@@H](O)[C@H](C)O2)[C@@H](C)[C@@H](OC2O[C@H](C)C[C@H](NC)[C@H]2O)[C@](C)(O)C[C@@H](C)CN(CCCNC(=O)[C@@]2(O)[C@H](C)CC3C4C[C@H](F)C5=CC(=O)C=C[C@]5(C)[C@@]4(F)[C@@H](O)C[C@@]32C)[C@H](C)[C@@H](O)[C@]1(C)O. The highest BCUT2D eigenvalue weighted by Gasteiger charge is 2.77. The van der Waals surface area contributed by atoms with E-state index in [-0.39, 0.29) is 76.3 Å². The zero-order valence-corrected chi connectivity index (χ0v) is 50.6. The second-order valence-electron chi connectivity index (χ2n) is 27.0. The molecule has 6 fully saturated rings. The van der Waals surface area contributed by atoms with Crippen LogP contribution in [0.5, 0.6) is 0 Å². The van der Waals surface area contributed by atoms with Gasteiger partial charge in [-0.2, -0.15) is 0 Å². The molecule has 0 radical (unpaired) electrons. The first-order valence-electron chi connectivity index (χ1n) is 29.8. The molecular formula is C60H99F2N3O16. The highest BCUT2D eigenvalue weighted by atomic mass is 19.1. The van der Waals surface area contributed by atoms with Crippen LogP contribution in [0, 0.1) is 46.3 Å². The molecule has 1 amide bonds. The Balaban J connectivity index is 1.16. The van der Waals surface area contributed by atoms with E-state index in [1.807, 2.05) is 18.7 Å². The number of esters is 1. The van der Waals surface area contributed by atoms with E-state index in [4.69, 9.17) is 28.4 Å². The monoisotopic (exact) mass is 1160 g/mol. The van der Waals surface area contributed by atoms with Crippen molar-refractivity contribution in [3.63, 3.8) is 0 Å². The number of halogens is 2. The molecule has 0 spiro atoms. The molecule has 21 heteroatoms. The van der Waals surface area contributed by atoms with Gasteiger partial charge in [-0.1, -0.05) is 40.7 Å². The van der Waals surface area contributed by atoms with E-state index in [2.05, 4.69) is 10.6 Å². The third kappa shape index (κ3) is 11.6. The minimum absolute atomic E-state index is 0.0106. The maximum absolute atomic E-state index is 17.9. The van der Waals surface area contributed by atoms with E-state index in [9.17, 15) is 50.1 Å². The van der Waals surface area contributed by atoms with Crippen molar-refractivity contribution in [2.24, 2.45) is 46.3 Å². The molecule has 0 aromatic carbocycles. The molecule has 27 atom stereocenters. The summed E-state index contributed by atoms with van der Waals surface area (Å²) in [5, 5.41) is 91.1. The summed E-state index contributed by atoms with van der Waals surface area (Å²) in [6.07, 6.45) is -10.0. The standard InChI is InChI=1S/C60H99F2N3O16/c1-16-44-58(13,74)48(69)35(7)65(21-17-20-64-53(72)60(75)31(3)22-38-39-25-41(61)40-24-37(66)18-19-54(40,9)59(39,62)43(67)27-55(38,60)10)29-30(2)26-56(11,73)50(81-52-46(68)42(63-14)23-32(4)77-52)33(5)47(34(6)51(71)79-44)80-45-28-57(12,76-15)49(70)36(8)78-45/h18-19,24,30-36,38-39,41-50,52,63,67-70,73-75H,16-17,20-23,25-29H2,1-15H3,(H,64,72)/t30-,31-,32-,33-,34-,35-,36+,38?,39?,41+,42+,43+,44-,45?,46-,47+,48-,49+,50-,52?,54+,55+,56-,57-,58-,59+,60+/m1/s1. The average Bonchev–Trinajstić information content (AvgIpc) is 3.92. The fourth-order valence-electron chi connectivity index (χ4n) is 16.3. The number of amides is 1. The summed E-state index contributed by atoms with van der Waals surface area (Å²) in [6, 6.07) is -1.27. The fraction of sp³-hybridized carbons (Fsp3) is 0.883. The first-order chi connectivity index (χ1) is 37.5. The van der Waals surface area contributed by atoms with Gasteiger partial charge in [0.25, 0.3) is 5.91 Å². The number of fused-ring (bicyclic) bond motifs is 5. The lowest BCUT2D eigenvalue weighted by Gasteiger charge is -2.63. The summed E-state index contributed by atoms with van der Waals surface area (Å²) >= 11 is 0. The second kappa shape index (κ2) is 24.3. The van der Waals surface area contributed by atoms with E-state index in [0.717, 1.165) is 6.08 Å². The molecule has 3 saturated carbocycles. The number of nitrogens with one attached hydrogen (secondary N) is 2. The lowest BCUT2D eigenvalue weighted by Crippen LogP contribution is -2.71. The Morgan fingerprint density at radius 2 is 1.56 bits per heavy atom. The molecule has 0 bridgehead atoms. The molecule has 3 aliphatic heterocycles. The predicted octanol–water partition coefficient (Wildman–Crippen LogP) is 3.73. The highest BCUT2D eigenvalue weighted by Crippen LogP contribution is 2.71. The van der Waals surface area contributed by atoms with Crippen LogP contribution in [-0.4, -0.2) is 206 Å². The van der Waals surface area contributed by atoms with Crippen molar-refractivity contribution in [2.75, 3.05) is 33.8 Å². The number of hydrogen-bond acceptors (Lipinski definition) is 18. The lowest BCUT2D eigenvalue weighted by atomic mass is 9.44. The number of rotatable bonds is 12. The van der Waals surface area contributed by atoms with E-state index < -0.39 is 172 Å². The summed E-state index contributed by atoms with van der Waals surface area (Å²) in [7, 11) is 3.20. The van der Waals surface area contributed by atoms with Gasteiger partial charge in [-0.15, -0.1) is 0 Å². The van der Waals surface area contributed by atoms with Crippen LogP contribution in [0.3, 0.4) is 0 Å². The Labute approximate surface area is 478 Å². The number of carbonyl (C=O) groups is 3. The molecule has 3 saturated heterocycles. The van der Waals surface area contributed by atoms with Crippen LogP contribution in [0.2, 0.25) is 0 Å². The number of nitrogens with zero attached hydrogens (tertiary/aromatic N) is 1. The van der Waals surface area contributed by atoms with Gasteiger partial charge >= 0.3 is 5.97 Å². The van der Waals surface area contributed by atoms with Gasteiger partial charge in [0.05, 0.1) is 47.6 Å². The molecule has 0 aromatic rings. The molecule has 7 aliphatic rings. The van der Waals surface area contributed by atoms with E-state index in [1.165, 1.54) is 33.1 Å². The van der Waals surface area contributed by atoms with Crippen molar-refractivity contribution in [2.45, 2.75) is 255 Å². The topological polar surface area (TPSA) is 276 Å². The fourth-order valence-corrected chi connectivity index (χ4v) is 16.3. The molecule has 7 rings (SSSR count). The number of likely N-dealkylation sites (N-methyl/N-ethyl adjacent to an activating group) is 1. The van der Waals surface area contributed by atoms with Gasteiger partial charge in [-0.25, -0.2) is 8.78 Å². The highest BCUT2D eigenvalue weighted by molar-refractivity contribution is 6.01. The summed E-state index contributed by atoms with van der Waals surface area (Å²) in [6.45, 7) is 22.3. The van der Waals surface area contributed by atoms with Gasteiger partial charge in [0.1, 0.15) is 36.2 Å². The molecule has 464 valence electrons. The van der Waals surface area contributed by atoms with Crippen molar-refractivity contribution >= 4 is 17.7 Å². The minimum atomic E-state index is -2.38. The predicted molar refractivity (Wildman–Crippen MR) is 294 cm³/mol. The average molecular weight is 1160 g/mol. The van der Waals surface area contributed by atoms with Crippen molar-refractivity contribution in [3.8, 4) is 0 Å². The summed E-state index contributed by atoms with van der Waals surface area (Å²) in [4.78, 5) is 43.6. The summed E-state index contributed by atoms with van der Waals surface area (Å²) in [5.74, 6) is -6.93. The van der Waals surface area contributed by atoms with Crippen LogP contribution in [0.4, 0.5) is 8.78 Å². The van der Waals surface area contributed by atoms with Gasteiger partial charge < -0.3 is 74.8 Å². The number of aliphatic hydroxyl groups is 7. The van der Waals surface area contributed by atoms with Crippen molar-refractivity contribution in [1.82, 2.24) is 15.5 Å². The molecular weight excluding hydrogens is 1060 g/mol. The molecule has 4 aliphatic carbocycles. The maximum atomic E-state index is 17.9. The largest absolute Gasteiger partial charge is 0.459 e. The van der Waals surface area contributed by atoms with E-state index in [0.29, 0.717) is 6.42 Å². The zero-order valence-electron chi connectivity index (χ0n) is 50.6. The van der Waals surface area contributed by atoms with Crippen LogP contribution in [-0.2, 0) is 42.8 Å². The van der Waals surface area contributed by atoms with Gasteiger partial charge in [0.2, 0.25) is 0 Å². The number of ketones is 1. The number of methoxy groups -OCH3 is 1. The number of aliphatic hydroxyl groups excluding tert-OH is 4. The van der Waals surface area contributed by atoms with Gasteiger partial charge in [0, 0.05) is 67.9 Å². The number of allylic oxidation sites excluding steroid dienone is 4. The van der Waals surface area contributed by atoms with Crippen LogP contribution in [0.25, 0.3) is 0 Å². The number of ether oxygens (including phenoxy) is 6. The molecule has 81 heavy (non-hydrogen) atoms. The van der Waals surface area contributed by atoms with E-state index in [1.54, 1.807) is 69.4 Å². The van der Waals surface area contributed by atoms with Crippen molar-refractivity contribution < 1.29 is 87.3 Å². The van der Waals surface area contributed by atoms with Crippen LogP contribution < -0.4 is 10.6 Å². The summed E-state index contributed by atoms with van der Waals surface area (Å²) < 4.78 is 72.1. The van der Waals surface area contributed by atoms with Crippen molar-refractivity contribution in [3.05, 3.63) is 23.8 Å². The molecule has 9 N–H and O–H groups in total. The molecule has 3 heterocycles. The van der Waals surface area contributed by atoms with Crippen molar-refractivity contribution in [1.29, 1.82) is 0 Å². The Bertz CT molecular complexity index is 2310. The second-order valence-corrected chi connectivity index (χ2v) is 27.0. The van der Waals surface area contributed by atoms with Gasteiger partial charge in [0.15, 0.2) is 29.6 Å². The minimum Gasteiger partial charge on any atom is -0.459 e. The Kier molecular flexibility index (Phi) is 19.8. The maximum Gasteiger partial charge on any atom is 0.311 e. The third-order valence-corrected chi connectivity index (χ3v) is 21.2. The number of alkyl halides is 2. The van der Waals surface area contributed by atoms with Crippen LogP contribution in [0.15, 0.2) is 23.8 Å². The lowest BCUT2D eigenvalue weighted by molar-refractivity contribution is -0.316. The number of hydrogen-bond donors (Lipinski definition) is 9. The summed E-state index contributed by atoms with van der Waals surface area (Å²) in [5.41, 5.74) is -12.4. The van der Waals surface area contributed by atoms with Gasteiger partial charge in [-0.3, -0.25) is 19.3 Å². The first kappa shape index (κ1) is 65.9. The quantitative estimate of drug-likeness (QED) is 0.0995. The first-order valence-corrected chi connectivity index (χ1v) is 29.8. The van der Waals surface area contributed by atoms with Crippen LogP contribution in [0.1, 0.15) is 141 Å². The normalized spacial score (nSPS) is 51.2. The molecule has 0 aromatic heterocycles.